The third-order valence-electron chi connectivity index (χ3n) is 0.351. The number of rotatable bonds is 5. The van der Waals surface area contributed by atoms with Gasteiger partial charge in [-0.15, -0.1) is 11.6 Å². The summed E-state index contributed by atoms with van der Waals surface area (Å²) >= 11 is 4.94. The van der Waals surface area contributed by atoms with E-state index in [0.717, 1.165) is 0 Å². The zero-order valence-corrected chi connectivity index (χ0v) is 14.5. The number of aliphatic hydroxyl groups excluding tert-OH is 1. The third-order valence-corrected chi connectivity index (χ3v) is 2.65. The van der Waals surface area contributed by atoms with Gasteiger partial charge >= 0.3 is 54.7 Å². The summed E-state index contributed by atoms with van der Waals surface area (Å²) < 4.78 is 43.3. The summed E-state index contributed by atoms with van der Waals surface area (Å²) in [7, 11) is -12.9. The molecule has 0 bridgehead atoms. The van der Waals surface area contributed by atoms with E-state index in [0.29, 0.717) is 5.88 Å². The molecule has 0 radical (unpaired) electrons. The van der Waals surface area contributed by atoms with Crippen LogP contribution in [0, 0.1) is 0 Å². The van der Waals surface area contributed by atoms with Gasteiger partial charge < -0.3 is 24.7 Å². The van der Waals surface area contributed by atoms with Crippen LogP contribution < -0.4 is 19.6 Å². The first-order valence-electron chi connectivity index (χ1n) is 3.27. The van der Waals surface area contributed by atoms with Crippen molar-refractivity contribution in [3.8, 4) is 0 Å². The van der Waals surface area contributed by atoms with Gasteiger partial charge in [0.25, 0.3) is 0 Å². The zero-order valence-electron chi connectivity index (χ0n) is 8.61. The van der Waals surface area contributed by atoms with Crippen molar-refractivity contribution in [2.24, 2.45) is 0 Å². The van der Waals surface area contributed by atoms with Crippen LogP contribution in [0.1, 0.15) is 0 Å². The maximum absolute atomic E-state index is 9.24. The fourth-order valence-corrected chi connectivity index (χ4v) is 0.980. The molecule has 4 atom stereocenters. The topological polar surface area (TPSA) is 199 Å². The van der Waals surface area contributed by atoms with Crippen LogP contribution in [0.4, 0.5) is 0 Å². The summed E-state index contributed by atoms with van der Waals surface area (Å²) in [5.74, 6) is 0.347. The molecule has 0 aromatic rings. The Hall–Kier alpha value is 1.12. The van der Waals surface area contributed by atoms with Gasteiger partial charge in [-0.1, -0.05) is 0 Å². The standard InChI is InChI=1S/C2H5ClO.2O5P2.Ti/c3-1-2-4;2*1-6(2)5-7(3)4;/h4H,1-2H2;;;/q;;;+4. The minimum absolute atomic E-state index is 0. The fourth-order valence-electron chi connectivity index (χ4n) is 0.109. The van der Waals surface area contributed by atoms with Crippen molar-refractivity contribution < 1.29 is 73.3 Å². The molecule has 0 rings (SSSR count). The Labute approximate surface area is 130 Å². The van der Waals surface area contributed by atoms with Crippen LogP contribution in [0.15, 0.2) is 0 Å². The van der Waals surface area contributed by atoms with Crippen LogP contribution in [0.2, 0.25) is 0 Å². The SMILES string of the molecule is O=[P+]([O-])O[P+](=O)[O-].O=[P+]([O-])O[P+](=O)[O-].OCCCl.[Ti+4]. The summed E-state index contributed by atoms with van der Waals surface area (Å²) in [6, 6.07) is 0. The monoisotopic (exact) mass is 412 g/mol. The van der Waals surface area contributed by atoms with Gasteiger partial charge in [0.1, 0.15) is 8.62 Å². The number of halogens is 1. The van der Waals surface area contributed by atoms with Crippen molar-refractivity contribution in [3.05, 3.63) is 0 Å². The van der Waals surface area contributed by atoms with Crippen molar-refractivity contribution in [2.45, 2.75) is 0 Å². The second-order valence-electron chi connectivity index (χ2n) is 1.47. The van der Waals surface area contributed by atoms with E-state index in [1.54, 1.807) is 0 Å². The minimum Gasteiger partial charge on any atom is -0.563 e. The van der Waals surface area contributed by atoms with E-state index in [1.165, 1.54) is 0 Å². The third kappa shape index (κ3) is 54.7. The molecule has 0 amide bonds. The molecule has 106 valence electrons. The Bertz CT molecular complexity index is 234. The number of hydrogen-bond donors (Lipinski definition) is 1. The smallest absolute Gasteiger partial charge is 0.563 e. The van der Waals surface area contributed by atoms with E-state index in [9.17, 15) is 37.8 Å². The number of hydrogen-bond acceptors (Lipinski definition) is 11. The van der Waals surface area contributed by atoms with Gasteiger partial charge in [0, 0.05) is 5.88 Å². The molecular weight excluding hydrogens is 407 g/mol. The molecule has 0 heterocycles. The van der Waals surface area contributed by atoms with E-state index in [2.05, 4.69) is 8.62 Å². The number of aliphatic hydroxyl groups is 1. The second-order valence-corrected chi connectivity index (χ2v) is 4.94. The molecule has 0 spiro atoms. The van der Waals surface area contributed by atoms with Crippen LogP contribution >= 0.6 is 44.6 Å². The molecule has 0 aromatic carbocycles. The molecule has 17 heteroatoms. The predicted octanol–water partition coefficient (Wildman–Crippen LogP) is -1.71. The van der Waals surface area contributed by atoms with Gasteiger partial charge in [-0.25, -0.2) is 0 Å². The number of alkyl halides is 1. The molecule has 0 fully saturated rings. The Morgan fingerprint density at radius 1 is 0.842 bits per heavy atom. The normalized spacial score (nSPS) is 11.5. The van der Waals surface area contributed by atoms with Crippen LogP contribution in [0.3, 0.4) is 0 Å². The summed E-state index contributed by atoms with van der Waals surface area (Å²) in [6.45, 7) is 0.0849. The molecule has 0 aliphatic carbocycles. The van der Waals surface area contributed by atoms with Crippen LogP contribution in [0.25, 0.3) is 0 Å². The molecule has 0 aromatic heterocycles. The van der Waals surface area contributed by atoms with Crippen molar-refractivity contribution in [2.75, 3.05) is 12.5 Å². The Balaban J connectivity index is -0.0000000900. The minimum atomic E-state index is -3.24. The summed E-state index contributed by atoms with van der Waals surface area (Å²) in [5, 5.41) is 7.74. The predicted molar refractivity (Wildman–Crippen MR) is 50.4 cm³/mol. The Kier molecular flexibility index (Phi) is 31.9. The summed E-state index contributed by atoms with van der Waals surface area (Å²) in [6.07, 6.45) is 0. The van der Waals surface area contributed by atoms with Gasteiger partial charge in [0.15, 0.2) is 0 Å². The Morgan fingerprint density at radius 2 is 1.00 bits per heavy atom. The molecule has 1 N–H and O–H groups in total. The molecule has 11 nitrogen and oxygen atoms in total. The first-order chi connectivity index (χ1) is 8.17. The van der Waals surface area contributed by atoms with E-state index in [1.807, 2.05) is 0 Å². The van der Waals surface area contributed by atoms with Gasteiger partial charge in [-0.2, -0.15) is 0 Å². The maximum atomic E-state index is 9.24. The van der Waals surface area contributed by atoms with Crippen LogP contribution in [-0.4, -0.2) is 17.6 Å². The van der Waals surface area contributed by atoms with Crippen molar-refractivity contribution in [1.29, 1.82) is 0 Å². The van der Waals surface area contributed by atoms with Crippen LogP contribution in [0.5, 0.6) is 0 Å². The molecular formula is C2H5ClO11P4Ti+4. The van der Waals surface area contributed by atoms with E-state index >= 15 is 0 Å². The van der Waals surface area contributed by atoms with Gasteiger partial charge in [0.2, 0.25) is 0 Å². The van der Waals surface area contributed by atoms with E-state index in [-0.39, 0.29) is 28.3 Å². The maximum Gasteiger partial charge on any atom is 4.00 e. The average molecular weight is 412 g/mol. The molecule has 19 heavy (non-hydrogen) atoms. The van der Waals surface area contributed by atoms with E-state index in [4.69, 9.17) is 16.7 Å². The largest absolute Gasteiger partial charge is 4.00 e. The van der Waals surface area contributed by atoms with Gasteiger partial charge in [-0.05, 0) is 18.3 Å². The van der Waals surface area contributed by atoms with Crippen molar-refractivity contribution in [1.82, 2.24) is 0 Å². The van der Waals surface area contributed by atoms with Gasteiger partial charge in [-0.3, -0.25) is 0 Å². The van der Waals surface area contributed by atoms with Crippen LogP contribution in [-0.2, 0) is 48.6 Å². The average Bonchev–Trinajstić information content (AvgIpc) is 2.14. The van der Waals surface area contributed by atoms with Crippen molar-refractivity contribution in [3.63, 3.8) is 0 Å². The first-order valence-corrected chi connectivity index (χ1v) is 8.19. The Morgan fingerprint density at radius 3 is 1.00 bits per heavy atom. The summed E-state index contributed by atoms with van der Waals surface area (Å²) in [4.78, 5) is 37.0. The summed E-state index contributed by atoms with van der Waals surface area (Å²) in [5.41, 5.74) is 0. The second kappa shape index (κ2) is 21.4. The zero-order chi connectivity index (χ0) is 15.1. The molecule has 4 unspecified atom stereocenters. The fraction of sp³-hybridized carbons (Fsp3) is 1.00. The molecule has 0 saturated heterocycles. The van der Waals surface area contributed by atoms with Crippen molar-refractivity contribution >= 4 is 44.6 Å². The molecule has 0 aliphatic rings. The quantitative estimate of drug-likeness (QED) is 0.306. The van der Waals surface area contributed by atoms with E-state index < -0.39 is 33.0 Å². The van der Waals surface area contributed by atoms with Gasteiger partial charge in [0.05, 0.1) is 6.61 Å². The molecule has 0 aliphatic heterocycles. The molecule has 0 saturated carbocycles. The first kappa shape index (κ1) is 28.3.